The first-order chi connectivity index (χ1) is 9.69. The van der Waals surface area contributed by atoms with E-state index in [1.165, 1.54) is 38.5 Å². The topological polar surface area (TPSA) is 50.5 Å². The molecule has 0 aromatic carbocycles. The number of likely N-dealkylation sites (tertiary alicyclic amines) is 1. The van der Waals surface area contributed by atoms with E-state index in [1.54, 1.807) is 0 Å². The summed E-state index contributed by atoms with van der Waals surface area (Å²) in [5.74, 6) is 0.831. The molecule has 1 aliphatic carbocycles. The number of nitrogens with zero attached hydrogens (tertiary/aromatic N) is 3. The van der Waals surface area contributed by atoms with Crippen molar-refractivity contribution >= 4 is 0 Å². The maximum atomic E-state index is 10.3. The molecule has 0 radical (unpaired) electrons. The zero-order valence-electron chi connectivity index (χ0n) is 12.8. The lowest BCUT2D eigenvalue weighted by Gasteiger charge is -2.34. The molecule has 0 bridgehead atoms. The van der Waals surface area contributed by atoms with Gasteiger partial charge in [0.05, 0.1) is 18.7 Å². The smallest absolute Gasteiger partial charge is 0.0869 e. The number of hydrogen-bond acceptors (Lipinski definition) is 4. The Bertz CT molecular complexity index is 314. The van der Waals surface area contributed by atoms with Crippen LogP contribution in [0.4, 0.5) is 0 Å². The van der Waals surface area contributed by atoms with Gasteiger partial charge in [-0.25, -0.2) is 0 Å². The molecular formula is C16H29N3O. The van der Waals surface area contributed by atoms with E-state index in [0.29, 0.717) is 19.1 Å². The van der Waals surface area contributed by atoms with Crippen molar-refractivity contribution in [3.63, 3.8) is 0 Å². The SMILES string of the molecule is CC1CCN(CC(O)CN(CC#N)C2CCCC2)CC1. The maximum absolute atomic E-state index is 10.3. The van der Waals surface area contributed by atoms with Crippen molar-refractivity contribution in [3.05, 3.63) is 0 Å². The fourth-order valence-corrected chi connectivity index (χ4v) is 3.57. The Morgan fingerprint density at radius 2 is 1.90 bits per heavy atom. The zero-order valence-corrected chi connectivity index (χ0v) is 12.8. The summed E-state index contributed by atoms with van der Waals surface area (Å²) in [6.07, 6.45) is 7.09. The van der Waals surface area contributed by atoms with Crippen LogP contribution in [-0.2, 0) is 0 Å². The minimum atomic E-state index is -0.322. The third-order valence-corrected chi connectivity index (χ3v) is 4.91. The van der Waals surface area contributed by atoms with E-state index in [4.69, 9.17) is 5.26 Å². The Balaban J connectivity index is 1.76. The van der Waals surface area contributed by atoms with Gasteiger partial charge in [0, 0.05) is 19.1 Å². The Labute approximate surface area is 123 Å². The average molecular weight is 279 g/mol. The lowest BCUT2D eigenvalue weighted by atomic mass is 9.99. The highest BCUT2D eigenvalue weighted by atomic mass is 16.3. The molecule has 1 atom stereocenters. The molecule has 4 nitrogen and oxygen atoms in total. The van der Waals surface area contributed by atoms with Crippen LogP contribution in [0.5, 0.6) is 0 Å². The van der Waals surface area contributed by atoms with Gasteiger partial charge in [-0.1, -0.05) is 19.8 Å². The predicted molar refractivity (Wildman–Crippen MR) is 80.3 cm³/mol. The summed E-state index contributed by atoms with van der Waals surface area (Å²) < 4.78 is 0. The van der Waals surface area contributed by atoms with Gasteiger partial charge in [0.15, 0.2) is 0 Å². The molecule has 0 aromatic rings. The van der Waals surface area contributed by atoms with Crippen molar-refractivity contribution in [1.29, 1.82) is 5.26 Å². The summed E-state index contributed by atoms with van der Waals surface area (Å²) in [7, 11) is 0. The number of nitriles is 1. The van der Waals surface area contributed by atoms with Gasteiger partial charge in [-0.2, -0.15) is 5.26 Å². The van der Waals surface area contributed by atoms with Crippen LogP contribution in [0.2, 0.25) is 0 Å². The van der Waals surface area contributed by atoms with E-state index in [1.807, 2.05) is 0 Å². The lowest BCUT2D eigenvalue weighted by molar-refractivity contribution is 0.0531. The van der Waals surface area contributed by atoms with Crippen LogP contribution in [0, 0.1) is 17.2 Å². The molecule has 1 saturated carbocycles. The minimum Gasteiger partial charge on any atom is -0.390 e. The van der Waals surface area contributed by atoms with Gasteiger partial charge in [0.2, 0.25) is 0 Å². The van der Waals surface area contributed by atoms with Crippen LogP contribution in [0.3, 0.4) is 0 Å². The molecule has 0 amide bonds. The van der Waals surface area contributed by atoms with E-state index in [9.17, 15) is 5.11 Å². The molecule has 2 aliphatic rings. The number of aliphatic hydroxyl groups is 1. The first kappa shape index (κ1) is 15.8. The van der Waals surface area contributed by atoms with Crippen LogP contribution < -0.4 is 0 Å². The van der Waals surface area contributed by atoms with Crippen LogP contribution in [0.15, 0.2) is 0 Å². The first-order valence-corrected chi connectivity index (χ1v) is 8.20. The summed E-state index contributed by atoms with van der Waals surface area (Å²) >= 11 is 0. The number of piperidine rings is 1. The molecule has 1 N–H and O–H groups in total. The highest BCUT2D eigenvalue weighted by molar-refractivity contribution is 4.86. The standard InChI is InChI=1S/C16H29N3O/c1-14-6-9-18(10-7-14)12-16(20)13-19(11-8-17)15-4-2-3-5-15/h14-16,20H,2-7,9-13H2,1H3. The van der Waals surface area contributed by atoms with Gasteiger partial charge in [0.1, 0.15) is 0 Å². The molecule has 1 saturated heterocycles. The number of rotatable bonds is 6. The van der Waals surface area contributed by atoms with Crippen LogP contribution >= 0.6 is 0 Å². The van der Waals surface area contributed by atoms with Crippen LogP contribution in [0.25, 0.3) is 0 Å². The molecule has 2 fully saturated rings. The van der Waals surface area contributed by atoms with Gasteiger partial charge in [-0.05, 0) is 44.7 Å². The fourth-order valence-electron chi connectivity index (χ4n) is 3.57. The molecule has 1 unspecified atom stereocenters. The molecule has 2 rings (SSSR count). The van der Waals surface area contributed by atoms with Gasteiger partial charge >= 0.3 is 0 Å². The molecule has 0 aromatic heterocycles. The maximum Gasteiger partial charge on any atom is 0.0869 e. The Morgan fingerprint density at radius 3 is 2.50 bits per heavy atom. The second kappa shape index (κ2) is 7.97. The third kappa shape index (κ3) is 4.73. The van der Waals surface area contributed by atoms with Crippen molar-refractivity contribution < 1.29 is 5.11 Å². The van der Waals surface area contributed by atoms with E-state index >= 15 is 0 Å². The third-order valence-electron chi connectivity index (χ3n) is 4.91. The van der Waals surface area contributed by atoms with Gasteiger partial charge < -0.3 is 10.0 Å². The second-order valence-electron chi connectivity index (χ2n) is 6.66. The lowest BCUT2D eigenvalue weighted by Crippen LogP contribution is -2.45. The highest BCUT2D eigenvalue weighted by Gasteiger charge is 2.25. The van der Waals surface area contributed by atoms with Crippen molar-refractivity contribution in [1.82, 2.24) is 9.80 Å². The summed E-state index contributed by atoms with van der Waals surface area (Å²) in [6.45, 7) is 6.41. The molecular weight excluding hydrogens is 250 g/mol. The van der Waals surface area contributed by atoms with Gasteiger partial charge in [-0.3, -0.25) is 4.90 Å². The van der Waals surface area contributed by atoms with Crippen LogP contribution in [0.1, 0.15) is 45.4 Å². The fraction of sp³-hybridized carbons (Fsp3) is 0.938. The number of aliphatic hydroxyl groups excluding tert-OH is 1. The summed E-state index contributed by atoms with van der Waals surface area (Å²) in [5.41, 5.74) is 0. The van der Waals surface area contributed by atoms with Gasteiger partial charge in [0.25, 0.3) is 0 Å². The van der Waals surface area contributed by atoms with E-state index in [0.717, 1.165) is 25.6 Å². The van der Waals surface area contributed by atoms with Crippen molar-refractivity contribution in [2.75, 3.05) is 32.7 Å². The molecule has 4 heteroatoms. The summed E-state index contributed by atoms with van der Waals surface area (Å²) in [6, 6.07) is 2.78. The Kier molecular flexibility index (Phi) is 6.28. The van der Waals surface area contributed by atoms with Crippen LogP contribution in [-0.4, -0.2) is 59.8 Å². The minimum absolute atomic E-state index is 0.322. The Morgan fingerprint density at radius 1 is 1.25 bits per heavy atom. The summed E-state index contributed by atoms with van der Waals surface area (Å²) in [4.78, 5) is 4.58. The predicted octanol–water partition coefficient (Wildman–Crippen LogP) is 1.85. The molecule has 1 aliphatic heterocycles. The first-order valence-electron chi connectivity index (χ1n) is 8.20. The quantitative estimate of drug-likeness (QED) is 0.754. The molecule has 20 heavy (non-hydrogen) atoms. The van der Waals surface area contributed by atoms with Crippen molar-refractivity contribution in [2.24, 2.45) is 5.92 Å². The van der Waals surface area contributed by atoms with E-state index in [2.05, 4.69) is 22.8 Å². The average Bonchev–Trinajstić information content (AvgIpc) is 2.95. The van der Waals surface area contributed by atoms with Crippen molar-refractivity contribution in [2.45, 2.75) is 57.6 Å². The number of hydrogen-bond donors (Lipinski definition) is 1. The second-order valence-corrected chi connectivity index (χ2v) is 6.66. The van der Waals surface area contributed by atoms with Gasteiger partial charge in [-0.15, -0.1) is 0 Å². The highest BCUT2D eigenvalue weighted by Crippen LogP contribution is 2.23. The normalized spacial score (nSPS) is 24.1. The number of β-amino-alcohol motifs (C(OH)–C–C–N with tert-alkyl or cyclic N) is 1. The largest absolute Gasteiger partial charge is 0.390 e. The Hall–Kier alpha value is -0.630. The zero-order chi connectivity index (χ0) is 14.4. The molecule has 1 heterocycles. The van der Waals surface area contributed by atoms with Crippen molar-refractivity contribution in [3.8, 4) is 6.07 Å². The molecule has 0 spiro atoms. The van der Waals surface area contributed by atoms with E-state index < -0.39 is 0 Å². The summed E-state index contributed by atoms with van der Waals surface area (Å²) in [5, 5.41) is 19.3. The monoisotopic (exact) mass is 279 g/mol. The van der Waals surface area contributed by atoms with E-state index in [-0.39, 0.29) is 6.10 Å². The molecule has 114 valence electrons.